The van der Waals surface area contributed by atoms with Crippen LogP contribution < -0.4 is 15.8 Å². The summed E-state index contributed by atoms with van der Waals surface area (Å²) < 4.78 is 5.29. The van der Waals surface area contributed by atoms with Crippen molar-refractivity contribution in [2.75, 3.05) is 25.0 Å². The normalized spacial score (nSPS) is 9.81. The molecule has 5 heteroatoms. The standard InChI is InChI=1S/C11H16N2O3/c12-5-6-13-9-2-1-3-10(8-9)16-7-4-11(14)15/h1-3,8,13H,4-7,12H2,(H,14,15). The predicted octanol–water partition coefficient (Wildman–Crippen LogP) is 0.911. The second-order valence-corrected chi connectivity index (χ2v) is 3.24. The third-order valence-electron chi connectivity index (χ3n) is 1.89. The Morgan fingerprint density at radius 3 is 3.00 bits per heavy atom. The van der Waals surface area contributed by atoms with Crippen LogP contribution in [0.15, 0.2) is 24.3 Å². The van der Waals surface area contributed by atoms with Gasteiger partial charge in [0.1, 0.15) is 5.75 Å². The fourth-order valence-electron chi connectivity index (χ4n) is 1.17. The van der Waals surface area contributed by atoms with E-state index < -0.39 is 5.97 Å². The van der Waals surface area contributed by atoms with Crippen molar-refractivity contribution in [3.05, 3.63) is 24.3 Å². The number of rotatable bonds is 7. The van der Waals surface area contributed by atoms with E-state index in [-0.39, 0.29) is 13.0 Å². The maximum atomic E-state index is 10.3. The lowest BCUT2D eigenvalue weighted by Crippen LogP contribution is -2.13. The summed E-state index contributed by atoms with van der Waals surface area (Å²) in [5.74, 6) is -0.208. The molecule has 0 spiro atoms. The van der Waals surface area contributed by atoms with E-state index >= 15 is 0 Å². The highest BCUT2D eigenvalue weighted by Gasteiger charge is 1.99. The van der Waals surface area contributed by atoms with Crippen molar-refractivity contribution in [3.63, 3.8) is 0 Å². The number of hydrogen-bond acceptors (Lipinski definition) is 4. The molecule has 0 saturated heterocycles. The molecule has 1 aromatic carbocycles. The average molecular weight is 224 g/mol. The Kier molecular flexibility index (Phi) is 5.15. The first-order chi connectivity index (χ1) is 7.72. The van der Waals surface area contributed by atoms with Crippen LogP contribution >= 0.6 is 0 Å². The lowest BCUT2D eigenvalue weighted by Gasteiger charge is -2.08. The molecular weight excluding hydrogens is 208 g/mol. The van der Waals surface area contributed by atoms with Crippen LogP contribution in [0, 0.1) is 0 Å². The van der Waals surface area contributed by atoms with Crippen LogP contribution in [0.4, 0.5) is 5.69 Å². The van der Waals surface area contributed by atoms with Gasteiger partial charge in [-0.2, -0.15) is 0 Å². The van der Waals surface area contributed by atoms with Gasteiger partial charge in [-0.15, -0.1) is 0 Å². The van der Waals surface area contributed by atoms with Gasteiger partial charge in [0.25, 0.3) is 0 Å². The van der Waals surface area contributed by atoms with Crippen LogP contribution in [0.25, 0.3) is 0 Å². The molecule has 0 radical (unpaired) electrons. The summed E-state index contributed by atoms with van der Waals surface area (Å²) in [7, 11) is 0. The topological polar surface area (TPSA) is 84.6 Å². The summed E-state index contributed by atoms with van der Waals surface area (Å²) in [5, 5.41) is 11.6. The number of nitrogens with two attached hydrogens (primary N) is 1. The Morgan fingerprint density at radius 2 is 2.31 bits per heavy atom. The smallest absolute Gasteiger partial charge is 0.306 e. The summed E-state index contributed by atoms with van der Waals surface area (Å²) in [4.78, 5) is 10.3. The number of ether oxygens (including phenoxy) is 1. The third kappa shape index (κ3) is 4.65. The second-order valence-electron chi connectivity index (χ2n) is 3.24. The molecule has 0 saturated carbocycles. The number of carboxylic acids is 1. The van der Waals surface area contributed by atoms with Gasteiger partial charge in [-0.3, -0.25) is 4.79 Å². The van der Waals surface area contributed by atoms with E-state index in [9.17, 15) is 4.79 Å². The zero-order valence-corrected chi connectivity index (χ0v) is 8.98. The Bertz CT molecular complexity index is 342. The first-order valence-corrected chi connectivity index (χ1v) is 5.11. The summed E-state index contributed by atoms with van der Waals surface area (Å²) in [6.45, 7) is 1.43. The fraction of sp³-hybridized carbons (Fsp3) is 0.364. The first-order valence-electron chi connectivity index (χ1n) is 5.11. The number of carbonyl (C=O) groups is 1. The van der Waals surface area contributed by atoms with Crippen molar-refractivity contribution in [1.82, 2.24) is 0 Å². The minimum absolute atomic E-state index is 0.000453. The molecule has 0 aliphatic heterocycles. The van der Waals surface area contributed by atoms with Crippen LogP contribution in [-0.4, -0.2) is 30.8 Å². The molecule has 0 heterocycles. The maximum absolute atomic E-state index is 10.3. The van der Waals surface area contributed by atoms with Crippen molar-refractivity contribution < 1.29 is 14.6 Å². The van der Waals surface area contributed by atoms with Gasteiger partial charge >= 0.3 is 5.97 Å². The van der Waals surface area contributed by atoms with Gasteiger partial charge in [0.15, 0.2) is 0 Å². The third-order valence-corrected chi connectivity index (χ3v) is 1.89. The van der Waals surface area contributed by atoms with Gasteiger partial charge in [0.2, 0.25) is 0 Å². The van der Waals surface area contributed by atoms with Crippen LogP contribution in [0.2, 0.25) is 0 Å². The monoisotopic (exact) mass is 224 g/mol. The zero-order chi connectivity index (χ0) is 11.8. The molecule has 0 amide bonds. The highest BCUT2D eigenvalue weighted by molar-refractivity contribution is 5.66. The van der Waals surface area contributed by atoms with E-state index in [4.69, 9.17) is 15.6 Å². The van der Waals surface area contributed by atoms with Crippen molar-refractivity contribution in [1.29, 1.82) is 0 Å². The van der Waals surface area contributed by atoms with Crippen LogP contribution in [0.5, 0.6) is 5.75 Å². The zero-order valence-electron chi connectivity index (χ0n) is 8.98. The highest BCUT2D eigenvalue weighted by Crippen LogP contribution is 2.17. The minimum atomic E-state index is -0.864. The van der Waals surface area contributed by atoms with E-state index in [0.29, 0.717) is 18.8 Å². The molecule has 0 bridgehead atoms. The molecule has 1 rings (SSSR count). The van der Waals surface area contributed by atoms with E-state index in [0.717, 1.165) is 5.69 Å². The SMILES string of the molecule is NCCNc1cccc(OCCC(=O)O)c1. The van der Waals surface area contributed by atoms with Crippen molar-refractivity contribution >= 4 is 11.7 Å². The Hall–Kier alpha value is -1.75. The molecule has 1 aromatic rings. The van der Waals surface area contributed by atoms with Gasteiger partial charge < -0.3 is 20.9 Å². The van der Waals surface area contributed by atoms with Gasteiger partial charge in [-0.1, -0.05) is 6.07 Å². The van der Waals surface area contributed by atoms with Gasteiger partial charge in [0, 0.05) is 24.8 Å². The fourth-order valence-corrected chi connectivity index (χ4v) is 1.17. The summed E-state index contributed by atoms with van der Waals surface area (Å²) >= 11 is 0. The number of anilines is 1. The van der Waals surface area contributed by atoms with Gasteiger partial charge in [-0.05, 0) is 12.1 Å². The van der Waals surface area contributed by atoms with E-state index in [1.807, 2.05) is 18.2 Å². The number of aliphatic carboxylic acids is 1. The van der Waals surface area contributed by atoms with Gasteiger partial charge in [-0.25, -0.2) is 0 Å². The molecule has 0 unspecified atom stereocenters. The van der Waals surface area contributed by atoms with Crippen LogP contribution in [0.1, 0.15) is 6.42 Å². The Balaban J connectivity index is 2.43. The molecule has 0 atom stereocenters. The molecule has 0 aromatic heterocycles. The lowest BCUT2D eigenvalue weighted by molar-refractivity contribution is -0.137. The van der Waals surface area contributed by atoms with Crippen LogP contribution in [-0.2, 0) is 4.79 Å². The molecule has 0 fully saturated rings. The first kappa shape index (κ1) is 12.3. The molecule has 0 aliphatic rings. The lowest BCUT2D eigenvalue weighted by atomic mass is 10.3. The quantitative estimate of drug-likeness (QED) is 0.641. The Labute approximate surface area is 94.2 Å². The molecule has 4 N–H and O–H groups in total. The molecule has 16 heavy (non-hydrogen) atoms. The number of benzene rings is 1. The summed E-state index contributed by atoms with van der Waals surface area (Å²) in [5.41, 5.74) is 6.28. The largest absolute Gasteiger partial charge is 0.493 e. The average Bonchev–Trinajstić information content (AvgIpc) is 2.26. The highest BCUT2D eigenvalue weighted by atomic mass is 16.5. The van der Waals surface area contributed by atoms with Gasteiger partial charge in [0.05, 0.1) is 13.0 Å². The number of hydrogen-bond donors (Lipinski definition) is 3. The molecule has 88 valence electrons. The summed E-state index contributed by atoms with van der Waals surface area (Å²) in [6.07, 6.45) is 0.000453. The minimum Gasteiger partial charge on any atom is -0.493 e. The number of carboxylic acid groups (broad SMARTS) is 1. The molecule has 0 aliphatic carbocycles. The van der Waals surface area contributed by atoms with Crippen molar-refractivity contribution in [2.45, 2.75) is 6.42 Å². The molecular formula is C11H16N2O3. The Morgan fingerprint density at radius 1 is 1.50 bits per heavy atom. The van der Waals surface area contributed by atoms with Crippen LogP contribution in [0.3, 0.4) is 0 Å². The predicted molar refractivity (Wildman–Crippen MR) is 61.7 cm³/mol. The van der Waals surface area contributed by atoms with Crippen molar-refractivity contribution in [3.8, 4) is 5.75 Å². The summed E-state index contributed by atoms with van der Waals surface area (Å²) in [6, 6.07) is 7.35. The van der Waals surface area contributed by atoms with E-state index in [1.54, 1.807) is 6.07 Å². The van der Waals surface area contributed by atoms with E-state index in [2.05, 4.69) is 5.32 Å². The number of nitrogens with one attached hydrogen (secondary N) is 1. The van der Waals surface area contributed by atoms with Crippen molar-refractivity contribution in [2.24, 2.45) is 5.73 Å². The molecule has 5 nitrogen and oxygen atoms in total. The second kappa shape index (κ2) is 6.68. The van der Waals surface area contributed by atoms with E-state index in [1.165, 1.54) is 0 Å². The maximum Gasteiger partial charge on any atom is 0.306 e.